The monoisotopic (exact) mass is 414 g/mol. The lowest BCUT2D eigenvalue weighted by Gasteiger charge is -2.31. The SMILES string of the molecule is CC[C@@H](C(=O)NCC(C)C)N(CCc1ccccc1)C(=O)Cc1ccc(Cl)cc1. The van der Waals surface area contributed by atoms with Crippen LogP contribution in [0.15, 0.2) is 54.6 Å². The van der Waals surface area contributed by atoms with Gasteiger partial charge in [-0.3, -0.25) is 9.59 Å². The van der Waals surface area contributed by atoms with E-state index in [2.05, 4.69) is 19.2 Å². The van der Waals surface area contributed by atoms with E-state index in [0.717, 1.165) is 11.1 Å². The van der Waals surface area contributed by atoms with Gasteiger partial charge in [0.1, 0.15) is 6.04 Å². The lowest BCUT2D eigenvalue weighted by atomic mass is 10.1. The Hall–Kier alpha value is -2.33. The van der Waals surface area contributed by atoms with E-state index in [1.165, 1.54) is 0 Å². The second kappa shape index (κ2) is 11.6. The van der Waals surface area contributed by atoms with Gasteiger partial charge in [0, 0.05) is 18.1 Å². The molecular weight excluding hydrogens is 384 g/mol. The Labute approximate surface area is 179 Å². The zero-order chi connectivity index (χ0) is 21.2. The van der Waals surface area contributed by atoms with Gasteiger partial charge in [-0.2, -0.15) is 0 Å². The maximum Gasteiger partial charge on any atom is 0.242 e. The van der Waals surface area contributed by atoms with Crippen LogP contribution < -0.4 is 5.32 Å². The third kappa shape index (κ3) is 7.54. The van der Waals surface area contributed by atoms with Crippen LogP contribution in [0.4, 0.5) is 0 Å². The minimum Gasteiger partial charge on any atom is -0.354 e. The fourth-order valence-electron chi connectivity index (χ4n) is 3.20. The van der Waals surface area contributed by atoms with Crippen molar-refractivity contribution in [3.8, 4) is 0 Å². The summed E-state index contributed by atoms with van der Waals surface area (Å²) in [4.78, 5) is 27.7. The molecule has 0 bridgehead atoms. The summed E-state index contributed by atoms with van der Waals surface area (Å²) in [6, 6.07) is 16.8. The molecule has 0 aliphatic rings. The molecule has 0 radical (unpaired) electrons. The summed E-state index contributed by atoms with van der Waals surface area (Å²) in [7, 11) is 0. The zero-order valence-corrected chi connectivity index (χ0v) is 18.3. The molecule has 2 aromatic carbocycles. The van der Waals surface area contributed by atoms with Gasteiger partial charge >= 0.3 is 0 Å². The number of nitrogens with one attached hydrogen (secondary N) is 1. The molecule has 1 N–H and O–H groups in total. The number of benzene rings is 2. The molecule has 0 saturated heterocycles. The summed E-state index contributed by atoms with van der Waals surface area (Å²) >= 11 is 5.95. The van der Waals surface area contributed by atoms with Gasteiger partial charge < -0.3 is 10.2 Å². The molecule has 2 rings (SSSR count). The fraction of sp³-hybridized carbons (Fsp3) is 0.417. The van der Waals surface area contributed by atoms with E-state index in [9.17, 15) is 9.59 Å². The van der Waals surface area contributed by atoms with Gasteiger partial charge in [-0.15, -0.1) is 0 Å². The van der Waals surface area contributed by atoms with Crippen molar-refractivity contribution in [3.05, 3.63) is 70.7 Å². The van der Waals surface area contributed by atoms with Crippen molar-refractivity contribution in [2.45, 2.75) is 46.1 Å². The summed E-state index contributed by atoms with van der Waals surface area (Å²) in [6.45, 7) is 7.17. The number of carbonyl (C=O) groups is 2. The Morgan fingerprint density at radius 3 is 2.24 bits per heavy atom. The van der Waals surface area contributed by atoms with E-state index in [1.54, 1.807) is 17.0 Å². The third-order valence-electron chi connectivity index (χ3n) is 4.82. The van der Waals surface area contributed by atoms with E-state index in [0.29, 0.717) is 36.9 Å². The molecule has 0 saturated carbocycles. The fourth-order valence-corrected chi connectivity index (χ4v) is 3.32. The molecule has 4 nitrogen and oxygen atoms in total. The molecule has 0 spiro atoms. The van der Waals surface area contributed by atoms with Gasteiger partial charge in [-0.25, -0.2) is 0 Å². The highest BCUT2D eigenvalue weighted by molar-refractivity contribution is 6.30. The van der Waals surface area contributed by atoms with Crippen LogP contribution >= 0.6 is 11.6 Å². The zero-order valence-electron chi connectivity index (χ0n) is 17.5. The highest BCUT2D eigenvalue weighted by Crippen LogP contribution is 2.14. The standard InChI is InChI=1S/C24H31ClN2O2/c1-4-22(24(29)26-17-18(2)3)27(15-14-19-8-6-5-7-9-19)23(28)16-20-10-12-21(25)13-11-20/h5-13,18,22H,4,14-17H2,1-3H3,(H,26,29)/t22-/m0/s1. The third-order valence-corrected chi connectivity index (χ3v) is 5.08. The van der Waals surface area contributed by atoms with Crippen molar-refractivity contribution < 1.29 is 9.59 Å². The van der Waals surface area contributed by atoms with Gasteiger partial charge in [0.25, 0.3) is 0 Å². The van der Waals surface area contributed by atoms with Gasteiger partial charge in [0.2, 0.25) is 11.8 Å². The second-order valence-corrected chi connectivity index (χ2v) is 8.13. The Morgan fingerprint density at radius 2 is 1.66 bits per heavy atom. The summed E-state index contributed by atoms with van der Waals surface area (Å²) in [5.41, 5.74) is 2.04. The maximum absolute atomic E-state index is 13.2. The summed E-state index contributed by atoms with van der Waals surface area (Å²) in [6.07, 6.45) is 1.53. The van der Waals surface area contributed by atoms with Crippen LogP contribution in [0, 0.1) is 5.92 Å². The molecule has 5 heteroatoms. The topological polar surface area (TPSA) is 49.4 Å². The Kier molecular flexibility index (Phi) is 9.20. The molecule has 0 unspecified atom stereocenters. The Balaban J connectivity index is 2.16. The smallest absolute Gasteiger partial charge is 0.242 e. The van der Waals surface area contributed by atoms with Crippen molar-refractivity contribution in [1.29, 1.82) is 0 Å². The van der Waals surface area contributed by atoms with Gasteiger partial charge in [0.15, 0.2) is 0 Å². The normalized spacial score (nSPS) is 11.9. The minimum absolute atomic E-state index is 0.0465. The van der Waals surface area contributed by atoms with E-state index in [-0.39, 0.29) is 18.2 Å². The number of nitrogens with zero attached hydrogens (tertiary/aromatic N) is 1. The largest absolute Gasteiger partial charge is 0.354 e. The van der Waals surface area contributed by atoms with E-state index >= 15 is 0 Å². The maximum atomic E-state index is 13.2. The van der Waals surface area contributed by atoms with Crippen molar-refractivity contribution >= 4 is 23.4 Å². The van der Waals surface area contributed by atoms with E-state index in [1.807, 2.05) is 49.4 Å². The highest BCUT2D eigenvalue weighted by atomic mass is 35.5. The first kappa shape index (κ1) is 23.0. The quantitative estimate of drug-likeness (QED) is 0.622. The van der Waals surface area contributed by atoms with Crippen LogP contribution in [0.5, 0.6) is 0 Å². The first-order chi connectivity index (χ1) is 13.9. The number of rotatable bonds is 10. The predicted molar refractivity (Wildman–Crippen MR) is 119 cm³/mol. The molecule has 2 aromatic rings. The molecule has 0 aliphatic heterocycles. The lowest BCUT2D eigenvalue weighted by molar-refractivity contribution is -0.140. The van der Waals surface area contributed by atoms with Gasteiger partial charge in [-0.05, 0) is 42.0 Å². The van der Waals surface area contributed by atoms with E-state index in [4.69, 9.17) is 11.6 Å². The predicted octanol–water partition coefficient (Wildman–Crippen LogP) is 4.50. The number of hydrogen-bond donors (Lipinski definition) is 1. The molecular formula is C24H31ClN2O2. The average Bonchev–Trinajstić information content (AvgIpc) is 2.71. The lowest BCUT2D eigenvalue weighted by Crippen LogP contribution is -2.51. The summed E-state index contributed by atoms with van der Waals surface area (Å²) in [5, 5.41) is 3.63. The summed E-state index contributed by atoms with van der Waals surface area (Å²) < 4.78 is 0. The molecule has 0 aliphatic carbocycles. The molecule has 0 fully saturated rings. The van der Waals surface area contributed by atoms with Gasteiger partial charge in [0.05, 0.1) is 6.42 Å². The van der Waals surface area contributed by atoms with Crippen molar-refractivity contribution in [1.82, 2.24) is 10.2 Å². The van der Waals surface area contributed by atoms with Crippen LogP contribution in [0.2, 0.25) is 5.02 Å². The number of halogens is 1. The molecule has 156 valence electrons. The Morgan fingerprint density at radius 1 is 1.00 bits per heavy atom. The minimum atomic E-state index is -0.475. The molecule has 29 heavy (non-hydrogen) atoms. The van der Waals surface area contributed by atoms with Crippen molar-refractivity contribution in [2.75, 3.05) is 13.1 Å². The van der Waals surface area contributed by atoms with Crippen LogP contribution in [-0.4, -0.2) is 35.8 Å². The molecule has 0 aromatic heterocycles. The second-order valence-electron chi connectivity index (χ2n) is 7.69. The van der Waals surface area contributed by atoms with Gasteiger partial charge in [-0.1, -0.05) is 74.8 Å². The number of carbonyl (C=O) groups excluding carboxylic acids is 2. The van der Waals surface area contributed by atoms with Crippen LogP contribution in [-0.2, 0) is 22.4 Å². The first-order valence-electron chi connectivity index (χ1n) is 10.3. The van der Waals surface area contributed by atoms with Crippen LogP contribution in [0.1, 0.15) is 38.3 Å². The van der Waals surface area contributed by atoms with Crippen molar-refractivity contribution in [3.63, 3.8) is 0 Å². The Bertz CT molecular complexity index is 775. The number of hydrogen-bond acceptors (Lipinski definition) is 2. The van der Waals surface area contributed by atoms with E-state index < -0.39 is 6.04 Å². The first-order valence-corrected chi connectivity index (χ1v) is 10.6. The van der Waals surface area contributed by atoms with Crippen LogP contribution in [0.25, 0.3) is 0 Å². The molecule has 2 amide bonds. The average molecular weight is 415 g/mol. The number of amides is 2. The molecule has 0 heterocycles. The highest BCUT2D eigenvalue weighted by Gasteiger charge is 2.28. The summed E-state index contributed by atoms with van der Waals surface area (Å²) in [5.74, 6) is 0.229. The molecule has 1 atom stereocenters. The van der Waals surface area contributed by atoms with Crippen LogP contribution in [0.3, 0.4) is 0 Å². The van der Waals surface area contributed by atoms with Crippen molar-refractivity contribution in [2.24, 2.45) is 5.92 Å².